The number of ether oxygens (including phenoxy) is 2. The van der Waals surface area contributed by atoms with Gasteiger partial charge in [0.1, 0.15) is 0 Å². The van der Waals surface area contributed by atoms with Crippen LogP contribution in [0.4, 0.5) is 5.69 Å². The minimum Gasteiger partial charge on any atom is -0.454 e. The Balaban J connectivity index is 2.09. The summed E-state index contributed by atoms with van der Waals surface area (Å²) in [5, 5.41) is 0. The van der Waals surface area contributed by atoms with E-state index in [0.29, 0.717) is 6.54 Å². The summed E-state index contributed by atoms with van der Waals surface area (Å²) in [5.41, 5.74) is 15.4. The molecule has 3 rings (SSSR count). The van der Waals surface area contributed by atoms with E-state index in [1.54, 1.807) is 0 Å². The van der Waals surface area contributed by atoms with Gasteiger partial charge in [-0.05, 0) is 35.4 Å². The number of benzene rings is 2. The molecule has 0 aromatic heterocycles. The molecule has 0 amide bonds. The molecule has 4 nitrogen and oxygen atoms in total. The van der Waals surface area contributed by atoms with Crippen LogP contribution in [-0.2, 0) is 6.54 Å². The Morgan fingerprint density at radius 1 is 1.00 bits per heavy atom. The topological polar surface area (TPSA) is 70.5 Å². The van der Waals surface area contributed by atoms with Crippen molar-refractivity contribution in [1.29, 1.82) is 0 Å². The average Bonchev–Trinajstić information content (AvgIpc) is 2.86. The van der Waals surface area contributed by atoms with E-state index in [9.17, 15) is 0 Å². The molecule has 4 N–H and O–H groups in total. The highest BCUT2D eigenvalue weighted by atomic mass is 16.7. The van der Waals surface area contributed by atoms with Crippen molar-refractivity contribution in [2.24, 2.45) is 5.73 Å². The maximum absolute atomic E-state index is 6.01. The molecule has 0 saturated heterocycles. The highest BCUT2D eigenvalue weighted by Crippen LogP contribution is 2.37. The van der Waals surface area contributed by atoms with Crippen molar-refractivity contribution in [2.45, 2.75) is 6.54 Å². The summed E-state index contributed by atoms with van der Waals surface area (Å²) >= 11 is 0. The van der Waals surface area contributed by atoms with Gasteiger partial charge in [0.2, 0.25) is 6.79 Å². The van der Waals surface area contributed by atoms with Gasteiger partial charge in [-0.25, -0.2) is 0 Å². The fourth-order valence-corrected chi connectivity index (χ4v) is 2.04. The fourth-order valence-electron chi connectivity index (χ4n) is 2.04. The van der Waals surface area contributed by atoms with Crippen molar-refractivity contribution in [3.63, 3.8) is 0 Å². The second-order valence-electron chi connectivity index (χ2n) is 4.19. The summed E-state index contributed by atoms with van der Waals surface area (Å²) in [6.45, 7) is 0.773. The van der Waals surface area contributed by atoms with E-state index in [1.807, 2.05) is 36.4 Å². The highest BCUT2D eigenvalue weighted by molar-refractivity contribution is 5.78. The molecule has 2 aromatic carbocycles. The molecule has 0 radical (unpaired) electrons. The number of rotatable bonds is 2. The molecule has 0 atom stereocenters. The van der Waals surface area contributed by atoms with Gasteiger partial charge in [0.05, 0.1) is 0 Å². The first kappa shape index (κ1) is 10.9. The van der Waals surface area contributed by atoms with Crippen molar-refractivity contribution in [3.8, 4) is 22.6 Å². The predicted octanol–water partition coefficient (Wildman–Crippen LogP) is 2.12. The monoisotopic (exact) mass is 242 g/mol. The lowest BCUT2D eigenvalue weighted by atomic mass is 10.0. The van der Waals surface area contributed by atoms with E-state index < -0.39 is 0 Å². The van der Waals surface area contributed by atoms with Crippen LogP contribution < -0.4 is 20.9 Å². The fraction of sp³-hybridized carbons (Fsp3) is 0.143. The third-order valence-electron chi connectivity index (χ3n) is 3.04. The summed E-state index contributed by atoms with van der Waals surface area (Å²) in [6, 6.07) is 11.6. The molecule has 0 bridgehead atoms. The second-order valence-corrected chi connectivity index (χ2v) is 4.19. The zero-order chi connectivity index (χ0) is 12.5. The molecule has 4 heteroatoms. The van der Waals surface area contributed by atoms with Crippen LogP contribution >= 0.6 is 0 Å². The Bertz CT molecular complexity index is 596. The van der Waals surface area contributed by atoms with Crippen LogP contribution in [0.25, 0.3) is 11.1 Å². The van der Waals surface area contributed by atoms with Gasteiger partial charge in [-0.1, -0.05) is 12.1 Å². The van der Waals surface area contributed by atoms with Crippen molar-refractivity contribution in [3.05, 3.63) is 42.0 Å². The van der Waals surface area contributed by atoms with E-state index in [-0.39, 0.29) is 6.79 Å². The first-order valence-corrected chi connectivity index (χ1v) is 5.76. The molecule has 0 aliphatic carbocycles. The predicted molar refractivity (Wildman–Crippen MR) is 70.3 cm³/mol. The van der Waals surface area contributed by atoms with Crippen LogP contribution in [0, 0.1) is 0 Å². The summed E-state index contributed by atoms with van der Waals surface area (Å²) in [6.07, 6.45) is 0. The summed E-state index contributed by atoms with van der Waals surface area (Å²) < 4.78 is 10.7. The summed E-state index contributed by atoms with van der Waals surface area (Å²) in [7, 11) is 0. The van der Waals surface area contributed by atoms with Crippen LogP contribution in [0.1, 0.15) is 5.56 Å². The van der Waals surface area contributed by atoms with Gasteiger partial charge in [-0.2, -0.15) is 0 Å². The van der Waals surface area contributed by atoms with E-state index in [4.69, 9.17) is 20.9 Å². The average molecular weight is 242 g/mol. The van der Waals surface area contributed by atoms with E-state index in [1.165, 1.54) is 0 Å². The SMILES string of the molecule is NCc1ccc(N)c(-c2ccc3c(c2)OCO3)c1. The molecule has 0 fully saturated rings. The Morgan fingerprint density at radius 3 is 2.67 bits per heavy atom. The first-order valence-electron chi connectivity index (χ1n) is 5.76. The van der Waals surface area contributed by atoms with E-state index >= 15 is 0 Å². The summed E-state index contributed by atoms with van der Waals surface area (Å²) in [4.78, 5) is 0. The van der Waals surface area contributed by atoms with Crippen molar-refractivity contribution in [2.75, 3.05) is 12.5 Å². The Hall–Kier alpha value is -2.20. The van der Waals surface area contributed by atoms with Gasteiger partial charge in [0.15, 0.2) is 11.5 Å². The number of nitrogens with two attached hydrogens (primary N) is 2. The summed E-state index contributed by atoms with van der Waals surface area (Å²) in [5.74, 6) is 1.53. The van der Waals surface area contributed by atoms with Crippen LogP contribution in [0.15, 0.2) is 36.4 Å². The molecule has 0 spiro atoms. The van der Waals surface area contributed by atoms with Crippen LogP contribution in [0.2, 0.25) is 0 Å². The third-order valence-corrected chi connectivity index (χ3v) is 3.04. The normalized spacial score (nSPS) is 12.7. The number of hydrogen-bond donors (Lipinski definition) is 2. The van der Waals surface area contributed by atoms with Crippen molar-refractivity contribution < 1.29 is 9.47 Å². The maximum Gasteiger partial charge on any atom is 0.231 e. The van der Waals surface area contributed by atoms with Crippen molar-refractivity contribution in [1.82, 2.24) is 0 Å². The molecule has 1 heterocycles. The number of nitrogen functional groups attached to an aromatic ring is 1. The zero-order valence-electron chi connectivity index (χ0n) is 9.85. The van der Waals surface area contributed by atoms with Crippen LogP contribution in [0.3, 0.4) is 0 Å². The lowest BCUT2D eigenvalue weighted by molar-refractivity contribution is 0.174. The first-order chi connectivity index (χ1) is 8.78. The number of hydrogen-bond acceptors (Lipinski definition) is 4. The minimum absolute atomic E-state index is 0.275. The van der Waals surface area contributed by atoms with Gasteiger partial charge in [-0.15, -0.1) is 0 Å². The van der Waals surface area contributed by atoms with Crippen molar-refractivity contribution >= 4 is 5.69 Å². The van der Waals surface area contributed by atoms with Gasteiger partial charge in [-0.3, -0.25) is 0 Å². The van der Waals surface area contributed by atoms with Crippen LogP contribution in [-0.4, -0.2) is 6.79 Å². The smallest absolute Gasteiger partial charge is 0.231 e. The van der Waals surface area contributed by atoms with Gasteiger partial charge >= 0.3 is 0 Å². The largest absolute Gasteiger partial charge is 0.454 e. The highest BCUT2D eigenvalue weighted by Gasteiger charge is 2.14. The molecule has 2 aromatic rings. The standard InChI is InChI=1S/C14H14N2O2/c15-7-9-1-3-12(16)11(5-9)10-2-4-13-14(6-10)18-8-17-13/h1-6H,7-8,15-16H2. The molecule has 1 aliphatic heterocycles. The van der Waals surface area contributed by atoms with E-state index in [0.717, 1.165) is 33.9 Å². The minimum atomic E-state index is 0.275. The van der Waals surface area contributed by atoms with Crippen LogP contribution in [0.5, 0.6) is 11.5 Å². The second kappa shape index (κ2) is 4.23. The third kappa shape index (κ3) is 1.76. The Morgan fingerprint density at radius 2 is 1.83 bits per heavy atom. The van der Waals surface area contributed by atoms with Gasteiger partial charge in [0, 0.05) is 17.8 Å². The quantitative estimate of drug-likeness (QED) is 0.791. The Kier molecular flexibility index (Phi) is 2.57. The Labute approximate surface area is 105 Å². The molecular formula is C14H14N2O2. The maximum atomic E-state index is 6.01. The molecular weight excluding hydrogens is 228 g/mol. The lowest BCUT2D eigenvalue weighted by Crippen LogP contribution is -1.98. The lowest BCUT2D eigenvalue weighted by Gasteiger charge is -2.09. The molecule has 1 aliphatic rings. The number of fused-ring (bicyclic) bond motifs is 1. The van der Waals surface area contributed by atoms with E-state index in [2.05, 4.69) is 0 Å². The number of anilines is 1. The van der Waals surface area contributed by atoms with Gasteiger partial charge < -0.3 is 20.9 Å². The molecule has 0 unspecified atom stereocenters. The zero-order valence-corrected chi connectivity index (χ0v) is 9.85. The molecule has 18 heavy (non-hydrogen) atoms. The molecule has 0 saturated carbocycles. The van der Waals surface area contributed by atoms with Gasteiger partial charge in [0.25, 0.3) is 0 Å². The molecule has 92 valence electrons.